The molecule has 2 fully saturated rings. The highest BCUT2D eigenvalue weighted by Gasteiger charge is 2.49. The summed E-state index contributed by atoms with van der Waals surface area (Å²) in [6, 6.07) is 0. The first kappa shape index (κ1) is 6.24. The summed E-state index contributed by atoms with van der Waals surface area (Å²) >= 11 is 0. The normalized spacial score (nSPS) is 53.1. The van der Waals surface area contributed by atoms with E-state index in [1.54, 1.807) is 0 Å². The van der Waals surface area contributed by atoms with Gasteiger partial charge >= 0.3 is 0 Å². The van der Waals surface area contributed by atoms with Crippen molar-refractivity contribution in [2.45, 2.75) is 19.3 Å². The molecular weight excluding hydrogens is 134 g/mol. The summed E-state index contributed by atoms with van der Waals surface area (Å²) in [5.41, 5.74) is 0.708. The van der Waals surface area contributed by atoms with E-state index in [9.17, 15) is 0 Å². The molecule has 2 bridgehead atoms. The molecule has 1 heterocycles. The van der Waals surface area contributed by atoms with Gasteiger partial charge in [0.15, 0.2) is 0 Å². The molecule has 11 heavy (non-hydrogen) atoms. The van der Waals surface area contributed by atoms with Crippen molar-refractivity contribution in [1.82, 2.24) is 5.32 Å². The van der Waals surface area contributed by atoms with Crippen LogP contribution in [0.2, 0.25) is 0 Å². The van der Waals surface area contributed by atoms with E-state index in [1.807, 2.05) is 0 Å². The third kappa shape index (κ3) is 0.698. The SMILES string of the molecule is C1=CC2CC1CC21CCNC1. The second-order valence-corrected chi connectivity index (χ2v) is 4.48. The smallest absolute Gasteiger partial charge is 0.00142 e. The van der Waals surface area contributed by atoms with Gasteiger partial charge in [-0.2, -0.15) is 0 Å². The maximum absolute atomic E-state index is 3.51. The van der Waals surface area contributed by atoms with Gasteiger partial charge < -0.3 is 5.32 Å². The lowest BCUT2D eigenvalue weighted by Gasteiger charge is -2.29. The van der Waals surface area contributed by atoms with E-state index in [2.05, 4.69) is 17.5 Å². The average molecular weight is 149 g/mol. The molecule has 1 spiro atoms. The van der Waals surface area contributed by atoms with Crippen LogP contribution in [-0.4, -0.2) is 13.1 Å². The first-order chi connectivity index (χ1) is 5.39. The minimum Gasteiger partial charge on any atom is -0.316 e. The Morgan fingerprint density at radius 3 is 2.91 bits per heavy atom. The average Bonchev–Trinajstić information content (AvgIpc) is 2.64. The summed E-state index contributed by atoms with van der Waals surface area (Å²) in [7, 11) is 0. The third-order valence-corrected chi connectivity index (χ3v) is 3.90. The highest BCUT2D eigenvalue weighted by molar-refractivity contribution is 5.17. The Morgan fingerprint density at radius 2 is 2.36 bits per heavy atom. The van der Waals surface area contributed by atoms with Gasteiger partial charge in [0.1, 0.15) is 0 Å². The molecule has 60 valence electrons. The number of hydrogen-bond acceptors (Lipinski definition) is 1. The van der Waals surface area contributed by atoms with Crippen LogP contribution in [0.5, 0.6) is 0 Å². The monoisotopic (exact) mass is 149 g/mol. The molecule has 0 amide bonds. The van der Waals surface area contributed by atoms with Crippen LogP contribution in [0.15, 0.2) is 12.2 Å². The molecule has 1 N–H and O–H groups in total. The van der Waals surface area contributed by atoms with Crippen LogP contribution in [0.1, 0.15) is 19.3 Å². The summed E-state index contributed by atoms with van der Waals surface area (Å²) in [6.45, 7) is 2.55. The highest BCUT2D eigenvalue weighted by atomic mass is 14.9. The molecule has 3 atom stereocenters. The Hall–Kier alpha value is -0.300. The lowest BCUT2D eigenvalue weighted by molar-refractivity contribution is 0.262. The van der Waals surface area contributed by atoms with Crippen molar-refractivity contribution in [3.63, 3.8) is 0 Å². The van der Waals surface area contributed by atoms with Gasteiger partial charge in [0, 0.05) is 6.54 Å². The number of hydrogen-bond donors (Lipinski definition) is 1. The number of nitrogens with one attached hydrogen (secondary N) is 1. The summed E-state index contributed by atoms with van der Waals surface area (Å²) in [6.07, 6.45) is 9.27. The van der Waals surface area contributed by atoms with E-state index in [0.29, 0.717) is 5.41 Å². The first-order valence-electron chi connectivity index (χ1n) is 4.78. The van der Waals surface area contributed by atoms with Crippen LogP contribution in [0, 0.1) is 17.3 Å². The van der Waals surface area contributed by atoms with Crippen molar-refractivity contribution in [3.05, 3.63) is 12.2 Å². The van der Waals surface area contributed by atoms with Crippen molar-refractivity contribution in [2.75, 3.05) is 13.1 Å². The first-order valence-corrected chi connectivity index (χ1v) is 4.78. The van der Waals surface area contributed by atoms with Gasteiger partial charge in [0.25, 0.3) is 0 Å². The van der Waals surface area contributed by atoms with Crippen LogP contribution in [0.3, 0.4) is 0 Å². The van der Waals surface area contributed by atoms with Crippen molar-refractivity contribution in [3.8, 4) is 0 Å². The van der Waals surface area contributed by atoms with Crippen molar-refractivity contribution >= 4 is 0 Å². The largest absolute Gasteiger partial charge is 0.316 e. The van der Waals surface area contributed by atoms with Gasteiger partial charge in [-0.25, -0.2) is 0 Å². The fraction of sp³-hybridized carbons (Fsp3) is 0.800. The quantitative estimate of drug-likeness (QED) is 0.515. The molecule has 3 aliphatic rings. The van der Waals surface area contributed by atoms with Gasteiger partial charge in [-0.3, -0.25) is 0 Å². The van der Waals surface area contributed by atoms with E-state index in [1.165, 1.54) is 32.4 Å². The van der Waals surface area contributed by atoms with E-state index >= 15 is 0 Å². The lowest BCUT2D eigenvalue weighted by Crippen LogP contribution is -2.28. The second-order valence-electron chi connectivity index (χ2n) is 4.48. The lowest BCUT2D eigenvalue weighted by atomic mass is 9.75. The zero-order chi connectivity index (χ0) is 7.31. The van der Waals surface area contributed by atoms with Crippen molar-refractivity contribution in [2.24, 2.45) is 17.3 Å². The third-order valence-electron chi connectivity index (χ3n) is 3.90. The second kappa shape index (κ2) is 1.89. The molecule has 1 saturated carbocycles. The van der Waals surface area contributed by atoms with Gasteiger partial charge in [-0.05, 0) is 43.1 Å². The molecule has 0 radical (unpaired) electrons. The molecule has 0 aromatic carbocycles. The predicted octanol–water partition coefficient (Wildman–Crippen LogP) is 1.56. The molecule has 2 aliphatic carbocycles. The highest BCUT2D eigenvalue weighted by Crippen LogP contribution is 2.54. The topological polar surface area (TPSA) is 12.0 Å². The minimum absolute atomic E-state index is 0.708. The molecule has 0 aromatic rings. The molecule has 1 aliphatic heterocycles. The summed E-state index contributed by atoms with van der Waals surface area (Å²) in [5, 5.41) is 3.51. The molecule has 1 saturated heterocycles. The van der Waals surface area contributed by atoms with Crippen LogP contribution >= 0.6 is 0 Å². The maximum atomic E-state index is 3.51. The fourth-order valence-electron chi connectivity index (χ4n) is 3.31. The zero-order valence-electron chi connectivity index (χ0n) is 6.84. The number of rotatable bonds is 0. The molecule has 3 rings (SSSR count). The van der Waals surface area contributed by atoms with Crippen LogP contribution in [-0.2, 0) is 0 Å². The fourth-order valence-corrected chi connectivity index (χ4v) is 3.31. The number of allylic oxidation sites excluding steroid dienone is 2. The molecule has 1 nitrogen and oxygen atoms in total. The van der Waals surface area contributed by atoms with Crippen LogP contribution < -0.4 is 5.32 Å². The van der Waals surface area contributed by atoms with E-state index in [4.69, 9.17) is 0 Å². The van der Waals surface area contributed by atoms with E-state index in [-0.39, 0.29) is 0 Å². The van der Waals surface area contributed by atoms with Gasteiger partial charge in [-0.15, -0.1) is 0 Å². The summed E-state index contributed by atoms with van der Waals surface area (Å²) < 4.78 is 0. The standard InChI is InChI=1S/C10H15N/c1-2-9-5-8(1)6-10(9)3-4-11-7-10/h1-2,8-9,11H,3-7H2. The Balaban J connectivity index is 1.94. The summed E-state index contributed by atoms with van der Waals surface area (Å²) in [4.78, 5) is 0. The Kier molecular flexibility index (Phi) is 1.07. The molecule has 3 unspecified atom stereocenters. The Labute approximate surface area is 67.9 Å². The maximum Gasteiger partial charge on any atom is 0.00142 e. The van der Waals surface area contributed by atoms with Crippen molar-refractivity contribution in [1.29, 1.82) is 0 Å². The Bertz CT molecular complexity index is 201. The zero-order valence-corrected chi connectivity index (χ0v) is 6.84. The molecular formula is C10H15N. The minimum atomic E-state index is 0.708. The summed E-state index contributed by atoms with van der Waals surface area (Å²) in [5.74, 6) is 1.88. The predicted molar refractivity (Wildman–Crippen MR) is 45.3 cm³/mol. The van der Waals surface area contributed by atoms with Gasteiger partial charge in [0.2, 0.25) is 0 Å². The van der Waals surface area contributed by atoms with Gasteiger partial charge in [0.05, 0.1) is 0 Å². The van der Waals surface area contributed by atoms with E-state index < -0.39 is 0 Å². The molecule has 0 aromatic heterocycles. The van der Waals surface area contributed by atoms with Crippen LogP contribution in [0.4, 0.5) is 0 Å². The number of fused-ring (bicyclic) bond motifs is 3. The molecule has 1 heteroatoms. The van der Waals surface area contributed by atoms with Gasteiger partial charge in [-0.1, -0.05) is 12.2 Å². The van der Waals surface area contributed by atoms with E-state index in [0.717, 1.165) is 11.8 Å². The van der Waals surface area contributed by atoms with Crippen LogP contribution in [0.25, 0.3) is 0 Å². The Morgan fingerprint density at radius 1 is 1.36 bits per heavy atom. The van der Waals surface area contributed by atoms with Crippen molar-refractivity contribution < 1.29 is 0 Å².